The van der Waals surface area contributed by atoms with Gasteiger partial charge in [0.2, 0.25) is 0 Å². The molecule has 5 nitrogen and oxygen atoms in total. The lowest BCUT2D eigenvalue weighted by Gasteiger charge is -2.24. The molecule has 3 aromatic carbocycles. The summed E-state index contributed by atoms with van der Waals surface area (Å²) in [5.41, 5.74) is 4.20. The van der Waals surface area contributed by atoms with E-state index in [2.05, 4.69) is 26.0 Å². The van der Waals surface area contributed by atoms with Crippen LogP contribution in [-0.4, -0.2) is 34.0 Å². The predicted molar refractivity (Wildman–Crippen MR) is 142 cm³/mol. The van der Waals surface area contributed by atoms with Gasteiger partial charge in [0, 0.05) is 30.0 Å². The first-order valence-corrected chi connectivity index (χ1v) is 12.8. The Balaban J connectivity index is 1.48. The van der Waals surface area contributed by atoms with Gasteiger partial charge in [0.25, 0.3) is 5.91 Å². The summed E-state index contributed by atoms with van der Waals surface area (Å²) in [6.07, 6.45) is 4.61. The number of unbranched alkanes of at least 4 members (excludes halogenated alkanes) is 1. The Morgan fingerprint density at radius 3 is 2.47 bits per heavy atom. The van der Waals surface area contributed by atoms with Crippen molar-refractivity contribution in [1.82, 2.24) is 4.90 Å². The third kappa shape index (κ3) is 6.46. The van der Waals surface area contributed by atoms with E-state index >= 15 is 0 Å². The summed E-state index contributed by atoms with van der Waals surface area (Å²) in [4.78, 5) is 26.3. The fourth-order valence-electron chi connectivity index (χ4n) is 4.79. The van der Waals surface area contributed by atoms with Crippen LogP contribution in [0, 0.1) is 0 Å². The normalized spacial score (nSPS) is 16.3. The minimum atomic E-state index is -1.04. The number of aryl methyl sites for hydroxylation is 1. The Bertz CT molecular complexity index is 1240. The highest BCUT2D eigenvalue weighted by atomic mass is 35.5. The maximum Gasteiger partial charge on any atom is 0.323 e. The number of hydrogen-bond donors (Lipinski definition) is 1. The molecular formula is C30H32ClNO4. The van der Waals surface area contributed by atoms with Gasteiger partial charge in [0.15, 0.2) is 0 Å². The second-order valence-electron chi connectivity index (χ2n) is 9.83. The number of carbonyl (C=O) groups is 2. The molecule has 0 bridgehead atoms. The van der Waals surface area contributed by atoms with Crippen molar-refractivity contribution in [3.8, 4) is 5.75 Å². The van der Waals surface area contributed by atoms with Crippen LogP contribution in [-0.2, 0) is 30.6 Å². The second kappa shape index (κ2) is 11.2. The van der Waals surface area contributed by atoms with Crippen molar-refractivity contribution in [3.63, 3.8) is 0 Å². The molecule has 4 rings (SSSR count). The first-order chi connectivity index (χ1) is 17.2. The fourth-order valence-corrected chi connectivity index (χ4v) is 5.00. The van der Waals surface area contributed by atoms with Crippen molar-refractivity contribution in [3.05, 3.63) is 99.6 Å². The third-order valence-corrected chi connectivity index (χ3v) is 6.76. The lowest BCUT2D eigenvalue weighted by Crippen LogP contribution is -2.35. The molecule has 0 aromatic heterocycles. The van der Waals surface area contributed by atoms with Crippen molar-refractivity contribution in [2.24, 2.45) is 0 Å². The van der Waals surface area contributed by atoms with E-state index in [9.17, 15) is 14.7 Å². The quantitative estimate of drug-likeness (QED) is 0.349. The van der Waals surface area contributed by atoms with Gasteiger partial charge in [-0.25, -0.2) is 0 Å². The molecule has 188 valence electrons. The molecule has 0 fully saturated rings. The molecule has 0 saturated carbocycles. The van der Waals surface area contributed by atoms with Gasteiger partial charge in [-0.1, -0.05) is 61.3 Å². The fraction of sp³-hybridized carbons (Fsp3) is 0.333. The maximum atomic E-state index is 13.4. The Morgan fingerprint density at radius 1 is 1.03 bits per heavy atom. The maximum absolute atomic E-state index is 13.4. The number of carboxylic acids is 1. The number of fused-ring (bicyclic) bond motifs is 1. The van der Waals surface area contributed by atoms with Gasteiger partial charge in [-0.05, 0) is 72.4 Å². The van der Waals surface area contributed by atoms with E-state index in [0.29, 0.717) is 23.4 Å². The van der Waals surface area contributed by atoms with Gasteiger partial charge in [-0.3, -0.25) is 9.59 Å². The average molecular weight is 506 g/mol. The van der Waals surface area contributed by atoms with Crippen LogP contribution in [0.2, 0.25) is 5.02 Å². The van der Waals surface area contributed by atoms with E-state index in [1.807, 2.05) is 48.5 Å². The molecule has 1 aliphatic heterocycles. The summed E-state index contributed by atoms with van der Waals surface area (Å²) in [5, 5.41) is 10.1. The van der Waals surface area contributed by atoms with Crippen LogP contribution in [0.1, 0.15) is 59.3 Å². The lowest BCUT2D eigenvalue weighted by molar-refractivity contribution is -0.137. The zero-order valence-electron chi connectivity index (χ0n) is 20.8. The number of benzene rings is 3. The molecule has 0 spiro atoms. The largest absolute Gasteiger partial charge is 0.487 e. The van der Waals surface area contributed by atoms with E-state index in [-0.39, 0.29) is 19.0 Å². The van der Waals surface area contributed by atoms with E-state index < -0.39 is 11.6 Å². The first-order valence-electron chi connectivity index (χ1n) is 12.4. The summed E-state index contributed by atoms with van der Waals surface area (Å²) in [7, 11) is 0. The van der Waals surface area contributed by atoms with Crippen molar-refractivity contribution >= 4 is 23.5 Å². The van der Waals surface area contributed by atoms with Gasteiger partial charge in [0.1, 0.15) is 17.9 Å². The number of nitrogens with zero attached hydrogens (tertiary/aromatic N) is 1. The summed E-state index contributed by atoms with van der Waals surface area (Å²) in [5.74, 6) is -0.594. The smallest absolute Gasteiger partial charge is 0.323 e. The molecule has 0 radical (unpaired) electrons. The lowest BCUT2D eigenvalue weighted by atomic mass is 9.91. The van der Waals surface area contributed by atoms with Crippen LogP contribution in [0.5, 0.6) is 5.75 Å². The zero-order chi connectivity index (χ0) is 25.7. The molecule has 1 amide bonds. The Labute approximate surface area is 217 Å². The number of amides is 1. The average Bonchev–Trinajstić information content (AvgIpc) is 3.17. The summed E-state index contributed by atoms with van der Waals surface area (Å²) < 4.78 is 6.27. The molecule has 0 aliphatic carbocycles. The molecule has 1 heterocycles. The third-order valence-electron chi connectivity index (χ3n) is 6.52. The highest BCUT2D eigenvalue weighted by molar-refractivity contribution is 6.30. The van der Waals surface area contributed by atoms with E-state index in [1.54, 1.807) is 6.07 Å². The Morgan fingerprint density at radius 2 is 1.78 bits per heavy atom. The van der Waals surface area contributed by atoms with E-state index in [1.165, 1.54) is 10.5 Å². The highest BCUT2D eigenvalue weighted by Gasteiger charge is 2.35. The summed E-state index contributed by atoms with van der Waals surface area (Å²) in [6.45, 7) is 4.08. The van der Waals surface area contributed by atoms with Crippen molar-refractivity contribution in [2.75, 3.05) is 6.54 Å². The van der Waals surface area contributed by atoms with Gasteiger partial charge in [-0.2, -0.15) is 0 Å². The molecule has 3 aromatic rings. The van der Waals surface area contributed by atoms with Gasteiger partial charge in [0.05, 0.1) is 0 Å². The summed E-state index contributed by atoms with van der Waals surface area (Å²) in [6, 6.07) is 21.2. The van der Waals surface area contributed by atoms with Crippen molar-refractivity contribution in [1.29, 1.82) is 0 Å². The minimum absolute atomic E-state index is 0.235. The SMILES string of the molecule is CCCCc1ccc(CN(CC(=O)O)C(=O)c2ccc3c(c2)C[C@](C)(Cc2cccc(Cl)c2)O3)cc1. The molecule has 1 N–H and O–H groups in total. The van der Waals surface area contributed by atoms with Crippen LogP contribution in [0.4, 0.5) is 0 Å². The van der Waals surface area contributed by atoms with Crippen molar-refractivity contribution < 1.29 is 19.4 Å². The van der Waals surface area contributed by atoms with E-state index in [0.717, 1.165) is 41.7 Å². The number of ether oxygens (including phenoxy) is 1. The topological polar surface area (TPSA) is 66.8 Å². The number of rotatable bonds is 10. The first kappa shape index (κ1) is 25.8. The van der Waals surface area contributed by atoms with Gasteiger partial charge >= 0.3 is 5.97 Å². The van der Waals surface area contributed by atoms with Crippen LogP contribution < -0.4 is 4.74 Å². The van der Waals surface area contributed by atoms with Gasteiger partial charge in [-0.15, -0.1) is 0 Å². The molecule has 0 saturated heterocycles. The Hall–Kier alpha value is -3.31. The van der Waals surface area contributed by atoms with Crippen LogP contribution in [0.15, 0.2) is 66.7 Å². The van der Waals surface area contributed by atoms with Crippen LogP contribution in [0.3, 0.4) is 0 Å². The molecule has 1 aliphatic rings. The minimum Gasteiger partial charge on any atom is -0.487 e. The monoisotopic (exact) mass is 505 g/mol. The number of aliphatic carboxylic acids is 1. The molecule has 36 heavy (non-hydrogen) atoms. The van der Waals surface area contributed by atoms with Crippen LogP contribution >= 0.6 is 11.6 Å². The molecule has 0 unspecified atom stereocenters. The number of halogens is 1. The van der Waals surface area contributed by atoms with Crippen LogP contribution in [0.25, 0.3) is 0 Å². The molecule has 1 atom stereocenters. The van der Waals surface area contributed by atoms with Gasteiger partial charge < -0.3 is 14.7 Å². The summed E-state index contributed by atoms with van der Waals surface area (Å²) >= 11 is 6.15. The number of hydrogen-bond acceptors (Lipinski definition) is 3. The number of carbonyl (C=O) groups excluding carboxylic acids is 1. The standard InChI is InChI=1S/C30H32ClNO4/c1-3-4-6-21-9-11-22(12-10-21)19-32(20-28(33)34)29(35)24-13-14-27-25(16-24)18-30(2,36-27)17-23-7-5-8-26(31)15-23/h5,7-16H,3-4,6,17-20H2,1-2H3,(H,33,34)/t30-/m0/s1. The zero-order valence-corrected chi connectivity index (χ0v) is 21.6. The predicted octanol–water partition coefficient (Wildman–Crippen LogP) is 6.35. The van der Waals surface area contributed by atoms with Crippen molar-refractivity contribution in [2.45, 2.75) is 58.1 Å². The number of carboxylic acid groups (broad SMARTS) is 1. The molecular weight excluding hydrogens is 474 g/mol. The Kier molecular flexibility index (Phi) is 8.00. The van der Waals surface area contributed by atoms with E-state index in [4.69, 9.17) is 16.3 Å². The second-order valence-corrected chi connectivity index (χ2v) is 10.3. The highest BCUT2D eigenvalue weighted by Crippen LogP contribution is 2.38. The molecule has 6 heteroatoms.